The third-order valence-electron chi connectivity index (χ3n) is 19.1. The lowest BCUT2D eigenvalue weighted by Crippen LogP contribution is -2.60. The monoisotopic (exact) mass is 1220 g/mol. The van der Waals surface area contributed by atoms with Gasteiger partial charge in [0, 0.05) is 6.42 Å². The van der Waals surface area contributed by atoms with E-state index in [0.717, 1.165) is 38.5 Å². The molecular weight excluding hydrogens is 1070 g/mol. The molecule has 0 bridgehead atoms. The minimum atomic E-state index is -1.57. The second-order valence-corrected chi connectivity index (χ2v) is 27.5. The van der Waals surface area contributed by atoms with Crippen molar-refractivity contribution in [3.05, 3.63) is 12.2 Å². The summed E-state index contributed by atoms with van der Waals surface area (Å²) in [5, 5.41) is 54.9. The summed E-state index contributed by atoms with van der Waals surface area (Å²) in [4.78, 5) is 13.2. The number of carbonyl (C=O) groups excluding carboxylic acids is 1. The van der Waals surface area contributed by atoms with E-state index in [0.29, 0.717) is 6.42 Å². The van der Waals surface area contributed by atoms with Gasteiger partial charge >= 0.3 is 0 Å². The molecule has 9 nitrogen and oxygen atoms in total. The van der Waals surface area contributed by atoms with Crippen LogP contribution >= 0.6 is 0 Å². The Bertz CT molecular complexity index is 1360. The Hall–Kier alpha value is -1.07. The van der Waals surface area contributed by atoms with E-state index in [9.17, 15) is 30.3 Å². The number of hydrogen-bond donors (Lipinski definition) is 6. The summed E-state index contributed by atoms with van der Waals surface area (Å²) in [5.41, 5.74) is 0. The van der Waals surface area contributed by atoms with Crippen molar-refractivity contribution < 1.29 is 39.8 Å². The first-order valence-electron chi connectivity index (χ1n) is 38.9. The molecule has 7 unspecified atom stereocenters. The fourth-order valence-corrected chi connectivity index (χ4v) is 13.0. The zero-order valence-corrected chi connectivity index (χ0v) is 57.6. The highest BCUT2D eigenvalue weighted by Gasteiger charge is 2.44. The molecule has 0 aromatic heterocycles. The van der Waals surface area contributed by atoms with Gasteiger partial charge in [-0.1, -0.05) is 405 Å². The second kappa shape index (κ2) is 66.8. The minimum absolute atomic E-state index is 0.166. The van der Waals surface area contributed by atoms with E-state index in [2.05, 4.69) is 19.2 Å². The maximum atomic E-state index is 13.2. The lowest BCUT2D eigenvalue weighted by Gasteiger charge is -2.40. The van der Waals surface area contributed by atoms with E-state index in [4.69, 9.17) is 9.47 Å². The number of carbonyl (C=O) groups is 1. The number of rotatable bonds is 70. The molecule has 86 heavy (non-hydrogen) atoms. The highest BCUT2D eigenvalue weighted by molar-refractivity contribution is 5.76. The molecule has 0 aromatic rings. The molecule has 1 rings (SSSR count). The van der Waals surface area contributed by atoms with Crippen molar-refractivity contribution in [2.24, 2.45) is 0 Å². The predicted molar refractivity (Wildman–Crippen MR) is 369 cm³/mol. The molecule has 7 atom stereocenters. The van der Waals surface area contributed by atoms with Crippen molar-refractivity contribution >= 4 is 5.91 Å². The third kappa shape index (κ3) is 54.6. The number of ether oxygens (including phenoxy) is 2. The normalized spacial score (nSPS) is 18.0. The molecule has 0 aliphatic carbocycles. The summed E-state index contributed by atoms with van der Waals surface area (Å²) < 4.78 is 11.3. The highest BCUT2D eigenvalue weighted by Crippen LogP contribution is 2.24. The molecule has 1 aliphatic rings. The van der Waals surface area contributed by atoms with Crippen LogP contribution in [-0.2, 0) is 14.3 Å². The van der Waals surface area contributed by atoms with Crippen molar-refractivity contribution in [1.82, 2.24) is 5.32 Å². The fraction of sp³-hybridized carbons (Fsp3) is 0.961. The van der Waals surface area contributed by atoms with Crippen molar-refractivity contribution in [1.29, 1.82) is 0 Å². The van der Waals surface area contributed by atoms with Gasteiger partial charge in [-0.25, -0.2) is 0 Å². The number of hydrogen-bond acceptors (Lipinski definition) is 8. The Morgan fingerprint density at radius 2 is 0.640 bits per heavy atom. The molecule has 512 valence electrons. The summed E-state index contributed by atoms with van der Waals surface area (Å²) in [5.74, 6) is -0.166. The predicted octanol–water partition coefficient (Wildman–Crippen LogP) is 21.8. The zero-order chi connectivity index (χ0) is 62.1. The Morgan fingerprint density at radius 3 is 0.907 bits per heavy atom. The fourth-order valence-electron chi connectivity index (χ4n) is 13.0. The van der Waals surface area contributed by atoms with Gasteiger partial charge in [0.25, 0.3) is 0 Å². The van der Waals surface area contributed by atoms with Crippen LogP contribution in [0.1, 0.15) is 418 Å². The molecule has 1 fully saturated rings. The first kappa shape index (κ1) is 82.9. The summed E-state index contributed by atoms with van der Waals surface area (Å²) in [6.45, 7) is 3.86. The SMILES string of the molecule is CCCCCCCCCCCCCCCCCCCCCCCCCCCCCCCCC/C=C/C(O)C(COC1OC(CO)C(O)C(O)C1O)NC(=O)CCCCCCCCCCCCCCCCCCCCCCCCCCCCCCCC. The Morgan fingerprint density at radius 1 is 0.384 bits per heavy atom. The lowest BCUT2D eigenvalue weighted by molar-refractivity contribution is -0.302. The van der Waals surface area contributed by atoms with Gasteiger partial charge < -0.3 is 40.3 Å². The van der Waals surface area contributed by atoms with E-state index in [1.165, 1.54) is 360 Å². The van der Waals surface area contributed by atoms with Gasteiger partial charge in [-0.05, 0) is 19.3 Å². The summed E-state index contributed by atoms with van der Waals surface area (Å²) in [6, 6.07) is -0.803. The third-order valence-corrected chi connectivity index (χ3v) is 19.1. The van der Waals surface area contributed by atoms with Gasteiger partial charge in [-0.2, -0.15) is 0 Å². The smallest absolute Gasteiger partial charge is 0.220 e. The molecule has 1 amide bonds. The molecule has 9 heteroatoms. The van der Waals surface area contributed by atoms with Crippen molar-refractivity contribution in [3.8, 4) is 0 Å². The quantitative estimate of drug-likeness (QED) is 0.0261. The molecule has 0 spiro atoms. The summed E-state index contributed by atoms with van der Waals surface area (Å²) in [7, 11) is 0. The Balaban J connectivity index is 2.07. The number of allylic oxidation sites excluding steroid dienone is 1. The zero-order valence-electron chi connectivity index (χ0n) is 57.6. The van der Waals surface area contributed by atoms with Gasteiger partial charge in [0.2, 0.25) is 5.91 Å². The molecule has 1 saturated heterocycles. The van der Waals surface area contributed by atoms with E-state index < -0.39 is 49.5 Å². The summed E-state index contributed by atoms with van der Waals surface area (Å²) >= 11 is 0. The number of aliphatic hydroxyl groups is 5. The van der Waals surface area contributed by atoms with Crippen LogP contribution in [0.25, 0.3) is 0 Å². The van der Waals surface area contributed by atoms with E-state index in [-0.39, 0.29) is 12.5 Å². The van der Waals surface area contributed by atoms with E-state index >= 15 is 0 Å². The number of aliphatic hydroxyl groups excluding tert-OH is 5. The Kier molecular flexibility index (Phi) is 64.5. The largest absolute Gasteiger partial charge is 0.394 e. The minimum Gasteiger partial charge on any atom is -0.394 e. The second-order valence-electron chi connectivity index (χ2n) is 27.5. The van der Waals surface area contributed by atoms with Gasteiger partial charge in [0.1, 0.15) is 24.4 Å². The average Bonchev–Trinajstić information content (AvgIpc) is 3.35. The number of unbranched alkanes of at least 4 members (excludes halogenated alkanes) is 60. The lowest BCUT2D eigenvalue weighted by atomic mass is 9.99. The van der Waals surface area contributed by atoms with Crippen LogP contribution < -0.4 is 5.32 Å². The number of amides is 1. The average molecular weight is 1220 g/mol. The van der Waals surface area contributed by atoms with Crippen LogP contribution in [0.4, 0.5) is 0 Å². The van der Waals surface area contributed by atoms with Crippen LogP contribution in [0.3, 0.4) is 0 Å². The van der Waals surface area contributed by atoms with Crippen LogP contribution in [0.2, 0.25) is 0 Å². The maximum absolute atomic E-state index is 13.2. The van der Waals surface area contributed by atoms with Crippen LogP contribution in [0.15, 0.2) is 12.2 Å². The standard InChI is InChI=1S/C77H151NO8/c1-3-5-7-9-11-13-15-17-19-21-23-25-27-29-31-33-35-36-37-38-40-42-44-46-48-50-52-54-56-58-60-62-64-66-71(80)70(69-85-77-76(84)75(83)74(82)72(68-79)86-77)78-73(81)67-65-63-61-59-57-55-53-51-49-47-45-43-41-39-34-32-30-28-26-24-22-20-18-16-14-12-10-8-6-4-2/h64,66,70-72,74-77,79-80,82-84H,3-63,65,67-69H2,1-2H3,(H,78,81)/b66-64+. The van der Waals surface area contributed by atoms with E-state index in [1.807, 2.05) is 6.08 Å². The van der Waals surface area contributed by atoms with E-state index in [1.54, 1.807) is 6.08 Å². The molecule has 1 aliphatic heterocycles. The molecule has 0 saturated carbocycles. The van der Waals surface area contributed by atoms with Gasteiger partial charge in [-0.15, -0.1) is 0 Å². The Labute approximate surface area is 535 Å². The van der Waals surface area contributed by atoms with Gasteiger partial charge in [0.15, 0.2) is 6.29 Å². The van der Waals surface area contributed by atoms with Crippen molar-refractivity contribution in [2.75, 3.05) is 13.2 Å². The van der Waals surface area contributed by atoms with Crippen LogP contribution in [0, 0.1) is 0 Å². The maximum Gasteiger partial charge on any atom is 0.220 e. The topological polar surface area (TPSA) is 149 Å². The number of nitrogens with one attached hydrogen (secondary N) is 1. The molecule has 6 N–H and O–H groups in total. The molecular formula is C77H151NO8. The first-order valence-corrected chi connectivity index (χ1v) is 38.9. The summed E-state index contributed by atoms with van der Waals surface area (Å²) in [6.07, 6.45) is 80.7. The molecule has 0 radical (unpaired) electrons. The van der Waals surface area contributed by atoms with Crippen molar-refractivity contribution in [2.45, 2.75) is 461 Å². The molecule has 0 aromatic carbocycles. The first-order chi connectivity index (χ1) is 42.3. The van der Waals surface area contributed by atoms with Gasteiger partial charge in [-0.3, -0.25) is 4.79 Å². The van der Waals surface area contributed by atoms with Crippen LogP contribution in [0.5, 0.6) is 0 Å². The van der Waals surface area contributed by atoms with Crippen molar-refractivity contribution in [3.63, 3.8) is 0 Å². The molecule has 1 heterocycles. The highest BCUT2D eigenvalue weighted by atomic mass is 16.7. The van der Waals surface area contributed by atoms with Crippen LogP contribution in [-0.4, -0.2) is 87.5 Å². The van der Waals surface area contributed by atoms with Gasteiger partial charge in [0.05, 0.1) is 25.4 Å².